The van der Waals surface area contributed by atoms with Crippen LogP contribution in [-0.2, 0) is 15.9 Å². The Morgan fingerprint density at radius 1 is 1.00 bits per heavy atom. The van der Waals surface area contributed by atoms with Crippen LogP contribution in [0.2, 0.25) is 0 Å². The van der Waals surface area contributed by atoms with Crippen molar-refractivity contribution in [3.63, 3.8) is 0 Å². The van der Waals surface area contributed by atoms with Crippen LogP contribution < -0.4 is 0 Å². The number of hydrogen-bond donors (Lipinski definition) is 0. The summed E-state index contributed by atoms with van der Waals surface area (Å²) < 4.78 is 12.1. The maximum absolute atomic E-state index is 6.03. The van der Waals surface area contributed by atoms with E-state index in [0.717, 1.165) is 32.5 Å². The van der Waals surface area contributed by atoms with Gasteiger partial charge in [0.05, 0.1) is 13.2 Å². The van der Waals surface area contributed by atoms with E-state index in [0.29, 0.717) is 0 Å². The molecule has 1 heterocycles. The molecule has 0 unspecified atom stereocenters. The molecule has 0 spiro atoms. The highest BCUT2D eigenvalue weighted by molar-refractivity contribution is 5.16. The standard InChI is InChI=1S/C17H26O2/c1-2-3-4-8-12-17(18-13-9-14-19-17)15-16-10-6-5-7-11-16/h5-7,10-11H,2-4,8-9,12-15H2,1H3. The van der Waals surface area contributed by atoms with Gasteiger partial charge >= 0.3 is 0 Å². The molecule has 0 saturated carbocycles. The molecule has 1 aliphatic heterocycles. The molecule has 1 fully saturated rings. The van der Waals surface area contributed by atoms with E-state index in [2.05, 4.69) is 37.3 Å². The van der Waals surface area contributed by atoms with Crippen molar-refractivity contribution in [2.45, 2.75) is 57.7 Å². The summed E-state index contributed by atoms with van der Waals surface area (Å²) in [5, 5.41) is 0. The van der Waals surface area contributed by atoms with Crippen molar-refractivity contribution in [3.8, 4) is 0 Å². The van der Waals surface area contributed by atoms with Crippen molar-refractivity contribution in [2.24, 2.45) is 0 Å². The summed E-state index contributed by atoms with van der Waals surface area (Å²) in [7, 11) is 0. The molecule has 19 heavy (non-hydrogen) atoms. The summed E-state index contributed by atoms with van der Waals surface area (Å²) in [6, 6.07) is 10.6. The molecule has 0 N–H and O–H groups in total. The van der Waals surface area contributed by atoms with E-state index >= 15 is 0 Å². The Hall–Kier alpha value is -0.860. The molecule has 2 nitrogen and oxygen atoms in total. The van der Waals surface area contributed by atoms with Crippen LogP contribution in [0.3, 0.4) is 0 Å². The maximum atomic E-state index is 6.03. The molecule has 0 aliphatic carbocycles. The lowest BCUT2D eigenvalue weighted by atomic mass is 9.98. The van der Waals surface area contributed by atoms with Crippen LogP contribution in [-0.4, -0.2) is 19.0 Å². The predicted molar refractivity (Wildman–Crippen MR) is 78.2 cm³/mol. The molecule has 2 heteroatoms. The Labute approximate surface area is 117 Å². The maximum Gasteiger partial charge on any atom is 0.172 e. The lowest BCUT2D eigenvalue weighted by Gasteiger charge is -2.37. The van der Waals surface area contributed by atoms with Crippen LogP contribution in [0.15, 0.2) is 30.3 Å². The Balaban J connectivity index is 1.94. The second kappa shape index (κ2) is 7.66. The minimum Gasteiger partial charge on any atom is -0.349 e. The third-order valence-electron chi connectivity index (χ3n) is 3.75. The molecule has 0 bridgehead atoms. The fraction of sp³-hybridized carbons (Fsp3) is 0.647. The van der Waals surface area contributed by atoms with E-state index in [1.54, 1.807) is 0 Å². The van der Waals surface area contributed by atoms with Gasteiger partial charge in [0.15, 0.2) is 5.79 Å². The molecule has 0 radical (unpaired) electrons. The largest absolute Gasteiger partial charge is 0.349 e. The fourth-order valence-corrected chi connectivity index (χ4v) is 2.68. The lowest BCUT2D eigenvalue weighted by Crippen LogP contribution is -2.42. The first-order valence-corrected chi connectivity index (χ1v) is 7.66. The number of rotatable bonds is 7. The zero-order chi connectivity index (χ0) is 13.4. The fourth-order valence-electron chi connectivity index (χ4n) is 2.68. The topological polar surface area (TPSA) is 18.5 Å². The van der Waals surface area contributed by atoms with Crippen molar-refractivity contribution in [1.29, 1.82) is 0 Å². The van der Waals surface area contributed by atoms with E-state index in [1.165, 1.54) is 31.2 Å². The summed E-state index contributed by atoms with van der Waals surface area (Å²) in [5.41, 5.74) is 1.31. The van der Waals surface area contributed by atoms with Gasteiger partial charge < -0.3 is 9.47 Å². The molecule has 1 saturated heterocycles. The van der Waals surface area contributed by atoms with Crippen molar-refractivity contribution in [2.75, 3.05) is 13.2 Å². The Morgan fingerprint density at radius 3 is 2.42 bits per heavy atom. The number of benzene rings is 1. The van der Waals surface area contributed by atoms with Gasteiger partial charge in [0.1, 0.15) is 0 Å². The second-order valence-electron chi connectivity index (χ2n) is 5.43. The summed E-state index contributed by atoms with van der Waals surface area (Å²) >= 11 is 0. The zero-order valence-electron chi connectivity index (χ0n) is 12.1. The normalized spacial score (nSPS) is 18.4. The van der Waals surface area contributed by atoms with Gasteiger partial charge in [0.2, 0.25) is 0 Å². The minimum absolute atomic E-state index is 0.368. The average molecular weight is 262 g/mol. The monoisotopic (exact) mass is 262 g/mol. The highest BCUT2D eigenvalue weighted by atomic mass is 16.7. The van der Waals surface area contributed by atoms with E-state index in [4.69, 9.17) is 9.47 Å². The summed E-state index contributed by atoms with van der Waals surface area (Å²) in [6.07, 6.45) is 7.96. The van der Waals surface area contributed by atoms with Gasteiger partial charge in [0, 0.05) is 12.8 Å². The number of hydrogen-bond acceptors (Lipinski definition) is 2. The quantitative estimate of drug-likeness (QED) is 0.681. The molecule has 0 atom stereocenters. The smallest absolute Gasteiger partial charge is 0.172 e. The van der Waals surface area contributed by atoms with Gasteiger partial charge in [-0.15, -0.1) is 0 Å². The molecular formula is C17H26O2. The van der Waals surface area contributed by atoms with Crippen molar-refractivity contribution >= 4 is 0 Å². The first-order valence-electron chi connectivity index (χ1n) is 7.66. The van der Waals surface area contributed by atoms with E-state index in [9.17, 15) is 0 Å². The van der Waals surface area contributed by atoms with E-state index in [1.807, 2.05) is 0 Å². The molecule has 0 aromatic heterocycles. The molecule has 1 aromatic rings. The SMILES string of the molecule is CCCCCCC1(Cc2ccccc2)OCCCO1. The van der Waals surface area contributed by atoms with Crippen LogP contribution in [0.5, 0.6) is 0 Å². The first kappa shape index (κ1) is 14.5. The van der Waals surface area contributed by atoms with Gasteiger partial charge in [-0.05, 0) is 18.4 Å². The minimum atomic E-state index is -0.368. The van der Waals surface area contributed by atoms with E-state index < -0.39 is 0 Å². The summed E-state index contributed by atoms with van der Waals surface area (Å²) in [6.45, 7) is 3.91. The molecule has 1 aliphatic rings. The summed E-state index contributed by atoms with van der Waals surface area (Å²) in [4.78, 5) is 0. The molecule has 106 valence electrons. The van der Waals surface area contributed by atoms with Gasteiger partial charge in [-0.1, -0.05) is 56.5 Å². The molecular weight excluding hydrogens is 236 g/mol. The van der Waals surface area contributed by atoms with E-state index in [-0.39, 0.29) is 5.79 Å². The Bertz CT molecular complexity index is 342. The molecule has 1 aromatic carbocycles. The first-order chi connectivity index (χ1) is 9.35. The highest BCUT2D eigenvalue weighted by Gasteiger charge is 2.34. The molecule has 2 rings (SSSR count). The number of unbranched alkanes of at least 4 members (excludes halogenated alkanes) is 3. The van der Waals surface area contributed by atoms with Crippen LogP contribution in [0, 0.1) is 0 Å². The third-order valence-corrected chi connectivity index (χ3v) is 3.75. The zero-order valence-corrected chi connectivity index (χ0v) is 12.1. The highest BCUT2D eigenvalue weighted by Crippen LogP contribution is 2.29. The number of ether oxygens (including phenoxy) is 2. The van der Waals surface area contributed by atoms with Crippen molar-refractivity contribution in [1.82, 2.24) is 0 Å². The van der Waals surface area contributed by atoms with Gasteiger partial charge in [0.25, 0.3) is 0 Å². The predicted octanol–water partition coefficient (Wildman–Crippen LogP) is 4.33. The van der Waals surface area contributed by atoms with Gasteiger partial charge in [-0.2, -0.15) is 0 Å². The molecule has 0 amide bonds. The van der Waals surface area contributed by atoms with Crippen molar-refractivity contribution in [3.05, 3.63) is 35.9 Å². The second-order valence-corrected chi connectivity index (χ2v) is 5.43. The van der Waals surface area contributed by atoms with Gasteiger partial charge in [-0.25, -0.2) is 0 Å². The summed E-state index contributed by atoms with van der Waals surface area (Å²) in [5.74, 6) is -0.368. The van der Waals surface area contributed by atoms with Crippen molar-refractivity contribution < 1.29 is 9.47 Å². The Kier molecular flexibility index (Phi) is 5.87. The van der Waals surface area contributed by atoms with Crippen LogP contribution in [0.25, 0.3) is 0 Å². The van der Waals surface area contributed by atoms with Crippen LogP contribution >= 0.6 is 0 Å². The lowest BCUT2D eigenvalue weighted by molar-refractivity contribution is -0.269. The third kappa shape index (κ3) is 4.63. The van der Waals surface area contributed by atoms with Crippen LogP contribution in [0.1, 0.15) is 51.0 Å². The van der Waals surface area contributed by atoms with Gasteiger partial charge in [-0.3, -0.25) is 0 Å². The average Bonchev–Trinajstić information content (AvgIpc) is 2.46. The Morgan fingerprint density at radius 2 is 1.74 bits per heavy atom. The van der Waals surface area contributed by atoms with Crippen LogP contribution in [0.4, 0.5) is 0 Å².